The largest absolute Gasteiger partial charge is 0.494 e. The fourth-order valence-corrected chi connectivity index (χ4v) is 2.45. The second-order valence-electron chi connectivity index (χ2n) is 4.88. The first-order valence-electron chi connectivity index (χ1n) is 6.95. The van der Waals surface area contributed by atoms with Crippen molar-refractivity contribution in [3.8, 4) is 5.75 Å². The van der Waals surface area contributed by atoms with Gasteiger partial charge in [0, 0.05) is 16.5 Å². The van der Waals surface area contributed by atoms with Crippen LogP contribution in [0.2, 0.25) is 10.0 Å². The van der Waals surface area contributed by atoms with Gasteiger partial charge in [-0.05, 0) is 47.9 Å². The van der Waals surface area contributed by atoms with Crippen molar-refractivity contribution in [2.24, 2.45) is 0 Å². The van der Waals surface area contributed by atoms with Gasteiger partial charge in [0.05, 0.1) is 12.7 Å². The summed E-state index contributed by atoms with van der Waals surface area (Å²) in [6.07, 6.45) is 0.716. The molecule has 0 radical (unpaired) electrons. The van der Waals surface area contributed by atoms with E-state index in [9.17, 15) is 5.11 Å². The minimum atomic E-state index is -0.647. The third-order valence-corrected chi connectivity index (χ3v) is 3.74. The Labute approximate surface area is 135 Å². The zero-order valence-corrected chi connectivity index (χ0v) is 13.4. The highest BCUT2D eigenvalue weighted by Crippen LogP contribution is 2.27. The minimum absolute atomic E-state index is 0.413. The Balaban J connectivity index is 2.12. The second-order valence-corrected chi connectivity index (χ2v) is 5.72. The van der Waals surface area contributed by atoms with Crippen LogP contribution in [-0.4, -0.2) is 11.7 Å². The van der Waals surface area contributed by atoms with Gasteiger partial charge in [-0.25, -0.2) is 0 Å². The van der Waals surface area contributed by atoms with Crippen molar-refractivity contribution in [2.45, 2.75) is 25.9 Å². The number of aliphatic hydroxyl groups is 1. The van der Waals surface area contributed by atoms with Gasteiger partial charge in [0.15, 0.2) is 0 Å². The molecule has 4 heteroatoms. The zero-order chi connectivity index (χ0) is 15.2. The Morgan fingerprint density at radius 1 is 1.14 bits per heavy atom. The van der Waals surface area contributed by atoms with Gasteiger partial charge in [-0.1, -0.05) is 42.3 Å². The molecular weight excluding hydrogens is 307 g/mol. The monoisotopic (exact) mass is 324 g/mol. The van der Waals surface area contributed by atoms with Crippen LogP contribution in [0.1, 0.15) is 30.6 Å². The van der Waals surface area contributed by atoms with Crippen molar-refractivity contribution in [3.63, 3.8) is 0 Å². The standard InChI is InChI=1S/C17H18Cl2O2/c1-2-8-21-15-5-3-4-12(10-15)17(20)11-13-9-14(18)6-7-16(13)19/h3-7,9-10,17,20H,2,8,11H2,1H3. The van der Waals surface area contributed by atoms with Gasteiger partial charge in [0.25, 0.3) is 0 Å². The lowest BCUT2D eigenvalue weighted by Crippen LogP contribution is -2.03. The molecule has 1 atom stereocenters. The van der Waals surface area contributed by atoms with Gasteiger partial charge < -0.3 is 9.84 Å². The molecule has 0 bridgehead atoms. The molecule has 2 rings (SSSR count). The molecule has 1 N–H and O–H groups in total. The van der Waals surface area contributed by atoms with Crippen molar-refractivity contribution >= 4 is 23.2 Å². The smallest absolute Gasteiger partial charge is 0.119 e. The van der Waals surface area contributed by atoms with Crippen molar-refractivity contribution < 1.29 is 9.84 Å². The molecule has 0 heterocycles. The maximum atomic E-state index is 10.4. The molecule has 0 aliphatic heterocycles. The van der Waals surface area contributed by atoms with E-state index >= 15 is 0 Å². The third kappa shape index (κ3) is 4.63. The molecule has 0 amide bonds. The molecule has 2 aromatic carbocycles. The predicted molar refractivity (Wildman–Crippen MR) is 87.4 cm³/mol. The van der Waals surface area contributed by atoms with Gasteiger partial charge in [-0.3, -0.25) is 0 Å². The highest BCUT2D eigenvalue weighted by atomic mass is 35.5. The maximum absolute atomic E-state index is 10.4. The van der Waals surface area contributed by atoms with Crippen molar-refractivity contribution in [1.82, 2.24) is 0 Å². The van der Waals surface area contributed by atoms with Crippen molar-refractivity contribution in [3.05, 3.63) is 63.6 Å². The number of halogens is 2. The van der Waals surface area contributed by atoms with E-state index in [2.05, 4.69) is 6.92 Å². The van der Waals surface area contributed by atoms with Crippen LogP contribution in [-0.2, 0) is 6.42 Å². The fourth-order valence-electron chi connectivity index (χ4n) is 2.06. The quantitative estimate of drug-likeness (QED) is 0.804. The Kier molecular flexibility index (Phi) is 5.92. The number of rotatable bonds is 6. The first kappa shape index (κ1) is 16.2. The molecular formula is C17H18Cl2O2. The van der Waals surface area contributed by atoms with Crippen LogP contribution >= 0.6 is 23.2 Å². The van der Waals surface area contributed by atoms with E-state index in [0.717, 1.165) is 23.3 Å². The van der Waals surface area contributed by atoms with Crippen molar-refractivity contribution in [2.75, 3.05) is 6.61 Å². The normalized spacial score (nSPS) is 12.2. The van der Waals surface area contributed by atoms with E-state index in [1.54, 1.807) is 18.2 Å². The maximum Gasteiger partial charge on any atom is 0.119 e. The molecule has 0 saturated heterocycles. The minimum Gasteiger partial charge on any atom is -0.494 e. The van der Waals surface area contributed by atoms with Crippen LogP contribution in [0.5, 0.6) is 5.75 Å². The molecule has 0 aliphatic carbocycles. The number of aliphatic hydroxyl groups excluding tert-OH is 1. The summed E-state index contributed by atoms with van der Waals surface area (Å²) >= 11 is 12.1. The van der Waals surface area contributed by atoms with Crippen LogP contribution in [0.25, 0.3) is 0 Å². The lowest BCUT2D eigenvalue weighted by atomic mass is 10.0. The third-order valence-electron chi connectivity index (χ3n) is 3.14. The second kappa shape index (κ2) is 7.69. The molecule has 0 aromatic heterocycles. The molecule has 21 heavy (non-hydrogen) atoms. The van der Waals surface area contributed by atoms with Gasteiger partial charge >= 0.3 is 0 Å². The summed E-state index contributed by atoms with van der Waals surface area (Å²) in [6, 6.07) is 12.8. The Hall–Kier alpha value is -1.22. The van der Waals surface area contributed by atoms with E-state index < -0.39 is 6.10 Å². The molecule has 0 saturated carbocycles. The van der Waals surface area contributed by atoms with Gasteiger partial charge in [-0.15, -0.1) is 0 Å². The summed E-state index contributed by atoms with van der Waals surface area (Å²) in [5.74, 6) is 0.769. The van der Waals surface area contributed by atoms with E-state index in [4.69, 9.17) is 27.9 Å². The average molecular weight is 325 g/mol. The fraction of sp³-hybridized carbons (Fsp3) is 0.294. The number of ether oxygens (including phenoxy) is 1. The highest BCUT2D eigenvalue weighted by Gasteiger charge is 2.12. The van der Waals surface area contributed by atoms with E-state index in [0.29, 0.717) is 23.1 Å². The Morgan fingerprint density at radius 3 is 2.71 bits per heavy atom. The number of hydrogen-bond donors (Lipinski definition) is 1. The molecule has 0 spiro atoms. The lowest BCUT2D eigenvalue weighted by molar-refractivity contribution is 0.178. The van der Waals surface area contributed by atoms with E-state index in [1.165, 1.54) is 0 Å². The summed E-state index contributed by atoms with van der Waals surface area (Å²) in [5.41, 5.74) is 1.64. The predicted octanol–water partition coefficient (Wildman–Crippen LogP) is 5.06. The van der Waals surface area contributed by atoms with Gasteiger partial charge in [0.2, 0.25) is 0 Å². The molecule has 0 fully saturated rings. The summed E-state index contributed by atoms with van der Waals surface area (Å²) < 4.78 is 5.58. The highest BCUT2D eigenvalue weighted by molar-refractivity contribution is 6.33. The molecule has 1 unspecified atom stereocenters. The van der Waals surface area contributed by atoms with Gasteiger partial charge in [0.1, 0.15) is 5.75 Å². The molecule has 2 nitrogen and oxygen atoms in total. The van der Waals surface area contributed by atoms with E-state index in [1.807, 2.05) is 24.3 Å². The van der Waals surface area contributed by atoms with Crippen molar-refractivity contribution in [1.29, 1.82) is 0 Å². The SMILES string of the molecule is CCCOc1cccc(C(O)Cc2cc(Cl)ccc2Cl)c1. The molecule has 2 aromatic rings. The summed E-state index contributed by atoms with van der Waals surface area (Å²) in [7, 11) is 0. The number of benzene rings is 2. The average Bonchev–Trinajstić information content (AvgIpc) is 2.49. The first-order chi connectivity index (χ1) is 10.1. The topological polar surface area (TPSA) is 29.5 Å². The first-order valence-corrected chi connectivity index (χ1v) is 7.70. The van der Waals surface area contributed by atoms with E-state index in [-0.39, 0.29) is 0 Å². The lowest BCUT2D eigenvalue weighted by Gasteiger charge is -2.14. The van der Waals surface area contributed by atoms with Crippen LogP contribution in [0.4, 0.5) is 0 Å². The molecule has 112 valence electrons. The summed E-state index contributed by atoms with van der Waals surface area (Å²) in [5, 5.41) is 11.6. The molecule has 0 aliphatic rings. The Bertz CT molecular complexity index is 599. The number of hydrogen-bond acceptors (Lipinski definition) is 2. The van der Waals surface area contributed by atoms with Crippen LogP contribution in [0.15, 0.2) is 42.5 Å². The Morgan fingerprint density at radius 2 is 1.95 bits per heavy atom. The van der Waals surface area contributed by atoms with Crippen LogP contribution in [0.3, 0.4) is 0 Å². The summed E-state index contributed by atoms with van der Waals surface area (Å²) in [4.78, 5) is 0. The van der Waals surface area contributed by atoms with Crippen LogP contribution < -0.4 is 4.74 Å². The van der Waals surface area contributed by atoms with Gasteiger partial charge in [-0.2, -0.15) is 0 Å². The zero-order valence-electron chi connectivity index (χ0n) is 11.9. The van der Waals surface area contributed by atoms with Crippen LogP contribution in [0, 0.1) is 0 Å². The summed E-state index contributed by atoms with van der Waals surface area (Å²) in [6.45, 7) is 2.72.